The lowest BCUT2D eigenvalue weighted by Gasteiger charge is -2.19. The second-order valence-electron chi connectivity index (χ2n) is 13.8. The lowest BCUT2D eigenvalue weighted by molar-refractivity contribution is 0.0484. The first-order valence-electron chi connectivity index (χ1n) is 19.8. The first-order valence-corrected chi connectivity index (χ1v) is 19.8. The predicted molar refractivity (Wildman–Crippen MR) is 208 cm³/mol. The molecule has 0 bridgehead atoms. The molecule has 282 valence electrons. The number of rotatable bonds is 24. The summed E-state index contributed by atoms with van der Waals surface area (Å²) in [5, 5.41) is 3.53. The Kier molecular flexibility index (Phi) is 16.7. The van der Waals surface area contributed by atoms with Crippen molar-refractivity contribution >= 4 is 56.2 Å². The first-order chi connectivity index (χ1) is 25.4. The van der Waals surface area contributed by atoms with Gasteiger partial charge in [0.15, 0.2) is 0 Å². The van der Waals surface area contributed by atoms with Crippen molar-refractivity contribution in [3.8, 4) is 0 Å². The molecule has 0 saturated carbocycles. The van der Waals surface area contributed by atoms with Gasteiger partial charge in [0.1, 0.15) is 0 Å². The SMILES string of the molecule is CCCCCCOC(=O)c1cc2ccc3c(C(=O)OCCCCCC)cc(C(=O)OCCCCCC)c4cc(C(=O)OCCCCCC)c(c1)c2c34. The molecule has 8 heteroatoms. The van der Waals surface area contributed by atoms with Gasteiger partial charge < -0.3 is 18.9 Å². The Balaban J connectivity index is 1.86. The topological polar surface area (TPSA) is 105 Å². The van der Waals surface area contributed by atoms with Crippen LogP contribution in [0.4, 0.5) is 0 Å². The summed E-state index contributed by atoms with van der Waals surface area (Å²) in [6.45, 7) is 9.58. The first kappa shape index (κ1) is 40.6. The Morgan fingerprint density at radius 1 is 0.404 bits per heavy atom. The van der Waals surface area contributed by atoms with Crippen molar-refractivity contribution in [3.63, 3.8) is 0 Å². The van der Waals surface area contributed by atoms with E-state index in [0.717, 1.165) is 103 Å². The van der Waals surface area contributed by atoms with E-state index in [1.165, 1.54) is 0 Å². The molecule has 4 aromatic carbocycles. The number of hydrogen-bond donors (Lipinski definition) is 0. The van der Waals surface area contributed by atoms with Crippen molar-refractivity contribution in [1.29, 1.82) is 0 Å². The Morgan fingerprint density at radius 3 is 1.27 bits per heavy atom. The maximum absolute atomic E-state index is 13.9. The van der Waals surface area contributed by atoms with E-state index in [4.69, 9.17) is 18.9 Å². The molecule has 0 fully saturated rings. The molecule has 0 aliphatic heterocycles. The highest BCUT2D eigenvalue weighted by Gasteiger charge is 2.27. The minimum atomic E-state index is -0.572. The summed E-state index contributed by atoms with van der Waals surface area (Å²) < 4.78 is 23.0. The van der Waals surface area contributed by atoms with Gasteiger partial charge in [0, 0.05) is 0 Å². The van der Waals surface area contributed by atoms with Gasteiger partial charge in [-0.3, -0.25) is 0 Å². The van der Waals surface area contributed by atoms with Crippen LogP contribution in [0.25, 0.3) is 32.3 Å². The van der Waals surface area contributed by atoms with E-state index in [9.17, 15) is 19.2 Å². The summed E-state index contributed by atoms with van der Waals surface area (Å²) in [5.41, 5.74) is 0.993. The highest BCUT2D eigenvalue weighted by atomic mass is 16.5. The quantitative estimate of drug-likeness (QED) is 0.0306. The van der Waals surface area contributed by atoms with Crippen LogP contribution < -0.4 is 0 Å². The Labute approximate surface area is 309 Å². The second-order valence-corrected chi connectivity index (χ2v) is 13.8. The number of benzene rings is 4. The van der Waals surface area contributed by atoms with Crippen LogP contribution >= 0.6 is 0 Å². The lowest BCUT2D eigenvalue weighted by atomic mass is 9.86. The van der Waals surface area contributed by atoms with Gasteiger partial charge >= 0.3 is 23.9 Å². The zero-order chi connectivity index (χ0) is 37.3. The number of unbranched alkanes of at least 4 members (excludes halogenated alkanes) is 12. The van der Waals surface area contributed by atoms with Crippen molar-refractivity contribution < 1.29 is 38.1 Å². The maximum atomic E-state index is 13.9. The molecule has 0 saturated heterocycles. The Morgan fingerprint density at radius 2 is 0.808 bits per heavy atom. The Bertz CT molecular complexity index is 1770. The number of esters is 4. The molecule has 8 nitrogen and oxygen atoms in total. The van der Waals surface area contributed by atoms with Crippen LogP contribution in [-0.2, 0) is 18.9 Å². The fourth-order valence-corrected chi connectivity index (χ4v) is 6.71. The van der Waals surface area contributed by atoms with Crippen LogP contribution in [0.15, 0.2) is 36.4 Å². The molecule has 0 heterocycles. The van der Waals surface area contributed by atoms with Crippen molar-refractivity contribution in [1.82, 2.24) is 0 Å². The molecule has 0 aliphatic carbocycles. The van der Waals surface area contributed by atoms with Gasteiger partial charge in [0.05, 0.1) is 48.7 Å². The van der Waals surface area contributed by atoms with Crippen LogP contribution in [0.1, 0.15) is 172 Å². The van der Waals surface area contributed by atoms with Crippen LogP contribution in [0.5, 0.6) is 0 Å². The minimum Gasteiger partial charge on any atom is -0.462 e. The van der Waals surface area contributed by atoms with Crippen molar-refractivity contribution in [3.05, 3.63) is 58.7 Å². The van der Waals surface area contributed by atoms with Gasteiger partial charge in [-0.05, 0) is 82.3 Å². The zero-order valence-corrected chi connectivity index (χ0v) is 31.9. The van der Waals surface area contributed by atoms with E-state index >= 15 is 0 Å². The summed E-state index contributed by atoms with van der Waals surface area (Å²) in [5.74, 6) is -2.11. The molecule has 4 rings (SSSR count). The molecular weight excluding hydrogens is 656 g/mol. The van der Waals surface area contributed by atoms with Crippen LogP contribution in [0, 0.1) is 0 Å². The normalized spacial score (nSPS) is 11.4. The highest BCUT2D eigenvalue weighted by molar-refractivity contribution is 6.32. The van der Waals surface area contributed by atoms with Gasteiger partial charge in [0.25, 0.3) is 0 Å². The van der Waals surface area contributed by atoms with Crippen LogP contribution in [0.3, 0.4) is 0 Å². The van der Waals surface area contributed by atoms with Crippen molar-refractivity contribution in [2.45, 2.75) is 130 Å². The van der Waals surface area contributed by atoms with E-state index in [-0.39, 0.29) is 36.5 Å². The average Bonchev–Trinajstić information content (AvgIpc) is 3.15. The average molecular weight is 715 g/mol. The van der Waals surface area contributed by atoms with Crippen molar-refractivity contribution in [2.24, 2.45) is 0 Å². The third kappa shape index (κ3) is 10.7. The van der Waals surface area contributed by atoms with E-state index in [1.807, 2.05) is 12.1 Å². The molecule has 0 atom stereocenters. The molecular formula is C44H58O8. The summed E-state index contributed by atoms with van der Waals surface area (Å²) >= 11 is 0. The van der Waals surface area contributed by atoms with Gasteiger partial charge in [0.2, 0.25) is 0 Å². The fourth-order valence-electron chi connectivity index (χ4n) is 6.71. The molecule has 0 N–H and O–H groups in total. The van der Waals surface area contributed by atoms with Gasteiger partial charge in [-0.1, -0.05) is 117 Å². The molecule has 52 heavy (non-hydrogen) atoms. The summed E-state index contributed by atoms with van der Waals surface area (Å²) in [4.78, 5) is 54.8. The van der Waals surface area contributed by atoms with Gasteiger partial charge in [-0.2, -0.15) is 0 Å². The number of ether oxygens (including phenoxy) is 4. The van der Waals surface area contributed by atoms with E-state index in [1.54, 1.807) is 24.3 Å². The fraction of sp³-hybridized carbons (Fsp3) is 0.545. The van der Waals surface area contributed by atoms with E-state index < -0.39 is 23.9 Å². The third-order valence-corrected chi connectivity index (χ3v) is 9.65. The largest absolute Gasteiger partial charge is 0.462 e. The maximum Gasteiger partial charge on any atom is 0.338 e. The molecule has 0 aromatic heterocycles. The molecule has 0 radical (unpaired) electrons. The van der Waals surface area contributed by atoms with Gasteiger partial charge in [-0.25, -0.2) is 19.2 Å². The van der Waals surface area contributed by atoms with E-state index in [2.05, 4.69) is 27.7 Å². The number of carbonyl (C=O) groups is 4. The van der Waals surface area contributed by atoms with E-state index in [0.29, 0.717) is 44.5 Å². The molecule has 0 amide bonds. The standard InChI is InChI=1S/C44H58O8/c1-5-9-13-17-23-49-41(45)32-27-31-21-22-33-36(42(46)50-24-18-14-10-6-2)30-38(44(48)52-26-20-16-12-8-4)35-29-37(34(28-32)39(31)40(33)35)43(47)51-25-19-15-11-7-3/h21-22,27-30H,5-20,23-26H2,1-4H3. The number of hydrogen-bond acceptors (Lipinski definition) is 8. The molecule has 0 spiro atoms. The molecule has 0 unspecified atom stereocenters. The Hall–Kier alpha value is -4.20. The summed E-state index contributed by atoms with van der Waals surface area (Å²) in [7, 11) is 0. The predicted octanol–water partition coefficient (Wildman–Crippen LogP) is 11.5. The van der Waals surface area contributed by atoms with Crippen LogP contribution in [0.2, 0.25) is 0 Å². The number of carbonyl (C=O) groups excluding carboxylic acids is 4. The second kappa shape index (κ2) is 21.4. The molecule has 4 aromatic rings. The third-order valence-electron chi connectivity index (χ3n) is 9.65. The van der Waals surface area contributed by atoms with Gasteiger partial charge in [-0.15, -0.1) is 0 Å². The van der Waals surface area contributed by atoms with Crippen LogP contribution in [-0.4, -0.2) is 50.3 Å². The monoisotopic (exact) mass is 714 g/mol. The summed E-state index contributed by atoms with van der Waals surface area (Å²) in [6, 6.07) is 10.3. The lowest BCUT2D eigenvalue weighted by Crippen LogP contribution is -2.14. The zero-order valence-electron chi connectivity index (χ0n) is 31.9. The molecule has 0 aliphatic rings. The minimum absolute atomic E-state index is 0.183. The summed E-state index contributed by atoms with van der Waals surface area (Å²) in [6.07, 6.45) is 15.3. The van der Waals surface area contributed by atoms with Crippen molar-refractivity contribution in [2.75, 3.05) is 26.4 Å². The highest BCUT2D eigenvalue weighted by Crippen LogP contribution is 2.41. The smallest absolute Gasteiger partial charge is 0.338 e.